The summed E-state index contributed by atoms with van der Waals surface area (Å²) in [6, 6.07) is 7.74. The van der Waals surface area contributed by atoms with Gasteiger partial charge in [0.05, 0.1) is 11.9 Å². The molecular formula is C25H27ClN2O7. The lowest BCUT2D eigenvalue weighted by Crippen LogP contribution is -2.61. The van der Waals surface area contributed by atoms with Crippen LogP contribution in [0.4, 0.5) is 0 Å². The van der Waals surface area contributed by atoms with Gasteiger partial charge in [-0.3, -0.25) is 4.98 Å². The minimum Gasteiger partial charge on any atom is -0.479 e. The maximum atomic E-state index is 11.4. The Morgan fingerprint density at radius 2 is 1.77 bits per heavy atom. The summed E-state index contributed by atoms with van der Waals surface area (Å²) in [5, 5.41) is 43.6. The number of pyridine rings is 1. The summed E-state index contributed by atoms with van der Waals surface area (Å²) in [7, 11) is 0. The number of halogens is 1. The molecule has 0 unspecified atom stereocenters. The largest absolute Gasteiger partial charge is 0.479 e. The van der Waals surface area contributed by atoms with E-state index >= 15 is 0 Å². The summed E-state index contributed by atoms with van der Waals surface area (Å²) in [5.74, 6) is -1.20. The van der Waals surface area contributed by atoms with Gasteiger partial charge in [-0.05, 0) is 73.7 Å². The number of fused-ring (bicyclic) bond motifs is 2. The van der Waals surface area contributed by atoms with Crippen LogP contribution in [0.1, 0.15) is 35.2 Å². The van der Waals surface area contributed by atoms with Crippen molar-refractivity contribution in [1.29, 1.82) is 0 Å². The third-order valence-electron chi connectivity index (χ3n) is 6.80. The Kier molecular flexibility index (Phi) is 6.80. The summed E-state index contributed by atoms with van der Waals surface area (Å²) in [6.07, 6.45) is -3.63. The molecule has 2 aromatic rings. The van der Waals surface area contributed by atoms with Crippen molar-refractivity contribution in [2.45, 2.75) is 56.4 Å². The van der Waals surface area contributed by atoms with E-state index in [4.69, 9.17) is 26.1 Å². The van der Waals surface area contributed by atoms with Crippen molar-refractivity contribution in [1.82, 2.24) is 10.3 Å². The number of benzene rings is 1. The zero-order valence-electron chi connectivity index (χ0n) is 18.9. The van der Waals surface area contributed by atoms with Crippen LogP contribution >= 0.6 is 11.6 Å². The smallest absolute Gasteiger partial charge is 0.335 e. The summed E-state index contributed by atoms with van der Waals surface area (Å²) >= 11 is 6.30. The first-order chi connectivity index (χ1) is 16.8. The zero-order chi connectivity index (χ0) is 24.7. The number of piperidine rings is 1. The van der Waals surface area contributed by atoms with Crippen molar-refractivity contribution in [3.8, 4) is 5.75 Å². The molecule has 186 valence electrons. The van der Waals surface area contributed by atoms with Gasteiger partial charge in [0.2, 0.25) is 6.29 Å². The van der Waals surface area contributed by atoms with Gasteiger partial charge in [-0.2, -0.15) is 0 Å². The number of ether oxygens (including phenoxy) is 2. The topological polar surface area (TPSA) is 141 Å². The second-order valence-corrected chi connectivity index (χ2v) is 9.50. The normalized spacial score (nSPS) is 28.6. The molecule has 9 nitrogen and oxygen atoms in total. The number of nitrogens with one attached hydrogen (secondary N) is 1. The highest BCUT2D eigenvalue weighted by Gasteiger charge is 2.48. The van der Waals surface area contributed by atoms with Gasteiger partial charge in [0.15, 0.2) is 6.10 Å². The Hall–Kier alpha value is -2.53. The van der Waals surface area contributed by atoms with E-state index in [9.17, 15) is 25.2 Å². The van der Waals surface area contributed by atoms with Gasteiger partial charge in [-0.15, -0.1) is 0 Å². The first kappa shape index (κ1) is 24.2. The average Bonchev–Trinajstić information content (AvgIpc) is 3.01. The molecule has 3 heterocycles. The SMILES string of the molecule is O=C(O)[C@@H]1O[C@@H](Oc2cnc3c(c2)CCc2cc(Cl)ccc2C3=C2CCNCC2)[C@@H](O)[C@@H](O)[C@@H]1O. The van der Waals surface area contributed by atoms with E-state index in [-0.39, 0.29) is 5.75 Å². The minimum absolute atomic E-state index is 0.263. The second-order valence-electron chi connectivity index (χ2n) is 9.06. The highest BCUT2D eigenvalue weighted by molar-refractivity contribution is 6.30. The van der Waals surface area contributed by atoms with Gasteiger partial charge in [-0.1, -0.05) is 23.2 Å². The predicted octanol–water partition coefficient (Wildman–Crippen LogP) is 1.29. The van der Waals surface area contributed by atoms with E-state index in [0.717, 1.165) is 60.3 Å². The van der Waals surface area contributed by atoms with Crippen molar-refractivity contribution in [3.05, 3.63) is 63.4 Å². The van der Waals surface area contributed by atoms with Crippen molar-refractivity contribution in [2.75, 3.05) is 13.1 Å². The first-order valence-electron chi connectivity index (χ1n) is 11.6. The lowest BCUT2D eigenvalue weighted by molar-refractivity contribution is -0.271. The van der Waals surface area contributed by atoms with Crippen molar-refractivity contribution >= 4 is 23.1 Å². The molecule has 0 amide bonds. The Bertz CT molecular complexity index is 1160. The number of carbonyl (C=O) groups is 1. The second kappa shape index (κ2) is 9.85. The summed E-state index contributed by atoms with van der Waals surface area (Å²) < 4.78 is 11.0. The fourth-order valence-corrected chi connectivity index (χ4v) is 5.19. The number of aliphatic hydroxyl groups excluding tert-OH is 3. The Labute approximate surface area is 207 Å². The fraction of sp³-hybridized carbons (Fsp3) is 0.440. The van der Waals surface area contributed by atoms with Crippen LogP contribution in [0.15, 0.2) is 36.0 Å². The molecule has 3 aliphatic rings. The third kappa shape index (κ3) is 4.67. The van der Waals surface area contributed by atoms with Crippen LogP contribution in [0.5, 0.6) is 5.75 Å². The Morgan fingerprint density at radius 1 is 1.03 bits per heavy atom. The molecule has 0 bridgehead atoms. The number of aromatic nitrogens is 1. The van der Waals surface area contributed by atoms with Crippen LogP contribution in [-0.4, -0.2) is 75.2 Å². The Morgan fingerprint density at radius 3 is 2.51 bits per heavy atom. The van der Waals surface area contributed by atoms with Gasteiger partial charge in [-0.25, -0.2) is 4.79 Å². The van der Waals surface area contributed by atoms with Crippen LogP contribution in [0.2, 0.25) is 5.02 Å². The number of hydrogen-bond donors (Lipinski definition) is 5. The van der Waals surface area contributed by atoms with Crippen LogP contribution in [0.25, 0.3) is 5.57 Å². The molecule has 1 aromatic heterocycles. The van der Waals surface area contributed by atoms with Crippen LogP contribution in [0, 0.1) is 0 Å². The molecule has 0 spiro atoms. The lowest BCUT2D eigenvalue weighted by atomic mass is 9.89. The number of nitrogens with zero attached hydrogens (tertiary/aromatic N) is 1. The third-order valence-corrected chi connectivity index (χ3v) is 7.04. The molecule has 35 heavy (non-hydrogen) atoms. The first-order valence-corrected chi connectivity index (χ1v) is 12.0. The average molecular weight is 503 g/mol. The molecule has 0 radical (unpaired) electrons. The monoisotopic (exact) mass is 502 g/mol. The van der Waals surface area contributed by atoms with E-state index in [1.54, 1.807) is 6.07 Å². The summed E-state index contributed by atoms with van der Waals surface area (Å²) in [5.41, 5.74) is 6.50. The molecule has 2 fully saturated rings. The highest BCUT2D eigenvalue weighted by atomic mass is 35.5. The van der Waals surface area contributed by atoms with E-state index in [1.165, 1.54) is 11.8 Å². The quantitative estimate of drug-likeness (QED) is 0.419. The maximum absolute atomic E-state index is 11.4. The maximum Gasteiger partial charge on any atom is 0.335 e. The van der Waals surface area contributed by atoms with Gasteiger partial charge in [0.25, 0.3) is 0 Å². The van der Waals surface area contributed by atoms with E-state index in [2.05, 4.69) is 5.32 Å². The van der Waals surface area contributed by atoms with Crippen molar-refractivity contribution < 1.29 is 34.7 Å². The predicted molar refractivity (Wildman–Crippen MR) is 126 cm³/mol. The van der Waals surface area contributed by atoms with Crippen molar-refractivity contribution in [3.63, 3.8) is 0 Å². The molecule has 5 atom stereocenters. The molecule has 2 aliphatic heterocycles. The van der Waals surface area contributed by atoms with Crippen LogP contribution in [0.3, 0.4) is 0 Å². The molecule has 0 saturated carbocycles. The lowest BCUT2D eigenvalue weighted by Gasteiger charge is -2.38. The number of carboxylic acid groups (broad SMARTS) is 1. The van der Waals surface area contributed by atoms with E-state index in [1.807, 2.05) is 18.2 Å². The van der Waals surface area contributed by atoms with Crippen LogP contribution < -0.4 is 10.1 Å². The molecular weight excluding hydrogens is 476 g/mol. The molecule has 5 N–H and O–H groups in total. The fourth-order valence-electron chi connectivity index (χ4n) is 5.00. The number of rotatable bonds is 3. The highest BCUT2D eigenvalue weighted by Crippen LogP contribution is 2.39. The zero-order valence-corrected chi connectivity index (χ0v) is 19.6. The Balaban J connectivity index is 1.50. The molecule has 2 saturated heterocycles. The molecule has 10 heteroatoms. The van der Waals surface area contributed by atoms with Crippen molar-refractivity contribution in [2.24, 2.45) is 0 Å². The number of aryl methyl sites for hydroxylation is 2. The molecule has 1 aromatic carbocycles. The summed E-state index contributed by atoms with van der Waals surface area (Å²) in [6.45, 7) is 1.79. The molecule has 5 rings (SSSR count). The number of aliphatic carboxylic acids is 1. The molecule has 1 aliphatic carbocycles. The van der Waals surface area contributed by atoms with E-state index in [0.29, 0.717) is 11.4 Å². The number of aliphatic hydroxyl groups is 3. The summed E-state index contributed by atoms with van der Waals surface area (Å²) in [4.78, 5) is 16.1. The number of carboxylic acids is 1. The van der Waals surface area contributed by atoms with Gasteiger partial charge >= 0.3 is 5.97 Å². The van der Waals surface area contributed by atoms with Crippen LogP contribution in [-0.2, 0) is 22.4 Å². The number of hydrogen-bond acceptors (Lipinski definition) is 8. The standard InChI is InChI=1S/C25H27ClN2O7/c26-15-3-4-17-13(9-15)1-2-14-10-16(11-28-19(14)18(17)12-5-7-27-8-6-12)34-25-22(31)20(29)21(30)23(35-25)24(32)33/h3-4,9-11,20-23,25,27,29-31H,1-2,5-8H2,(H,32,33)/t20-,21-,22-,23+,25+/m0/s1. The van der Waals surface area contributed by atoms with Gasteiger partial charge < -0.3 is 35.2 Å². The van der Waals surface area contributed by atoms with E-state index < -0.39 is 36.7 Å². The minimum atomic E-state index is -1.78. The van der Waals surface area contributed by atoms with Gasteiger partial charge in [0, 0.05) is 10.6 Å². The van der Waals surface area contributed by atoms with Gasteiger partial charge in [0.1, 0.15) is 24.1 Å².